The standard InChI is InChI=1S/C15H24N2O2/c1-4-19-14(18)15(2,16)11-8-12-17(3)13-9-6-5-7-10-13/h5-7,9-10H,4,8,11-12,16H2,1-3H3. The molecule has 4 nitrogen and oxygen atoms in total. The summed E-state index contributed by atoms with van der Waals surface area (Å²) in [7, 11) is 2.04. The van der Waals surface area contributed by atoms with Gasteiger partial charge >= 0.3 is 5.97 Å². The Kier molecular flexibility index (Phi) is 5.83. The zero-order chi connectivity index (χ0) is 14.3. The van der Waals surface area contributed by atoms with Gasteiger partial charge in [0, 0.05) is 19.3 Å². The van der Waals surface area contributed by atoms with Gasteiger partial charge in [-0.05, 0) is 38.8 Å². The molecule has 1 aromatic rings. The lowest BCUT2D eigenvalue weighted by atomic mass is 9.97. The molecule has 0 heterocycles. The van der Waals surface area contributed by atoms with Gasteiger partial charge in [-0.25, -0.2) is 0 Å². The van der Waals surface area contributed by atoms with Gasteiger partial charge in [0.05, 0.1) is 6.61 Å². The minimum Gasteiger partial charge on any atom is -0.465 e. The van der Waals surface area contributed by atoms with Crippen LogP contribution in [0.5, 0.6) is 0 Å². The van der Waals surface area contributed by atoms with E-state index < -0.39 is 5.54 Å². The fourth-order valence-electron chi connectivity index (χ4n) is 1.89. The Labute approximate surface area is 115 Å². The maximum atomic E-state index is 11.6. The third-order valence-electron chi connectivity index (χ3n) is 3.13. The highest BCUT2D eigenvalue weighted by atomic mass is 16.5. The predicted molar refractivity (Wildman–Crippen MR) is 78.2 cm³/mol. The van der Waals surface area contributed by atoms with Gasteiger partial charge in [0.1, 0.15) is 5.54 Å². The molecular formula is C15H24N2O2. The average molecular weight is 264 g/mol. The number of esters is 1. The number of carbonyl (C=O) groups excluding carboxylic acids is 1. The van der Waals surface area contributed by atoms with Crippen molar-refractivity contribution < 1.29 is 9.53 Å². The van der Waals surface area contributed by atoms with Crippen LogP contribution < -0.4 is 10.6 Å². The number of para-hydroxylation sites is 1. The van der Waals surface area contributed by atoms with Crippen LogP contribution in [0.3, 0.4) is 0 Å². The molecule has 0 bridgehead atoms. The van der Waals surface area contributed by atoms with Crippen molar-refractivity contribution in [1.29, 1.82) is 0 Å². The van der Waals surface area contributed by atoms with Crippen LogP contribution in [-0.4, -0.2) is 31.7 Å². The van der Waals surface area contributed by atoms with E-state index in [1.165, 1.54) is 0 Å². The van der Waals surface area contributed by atoms with Gasteiger partial charge in [0.15, 0.2) is 0 Å². The number of anilines is 1. The van der Waals surface area contributed by atoms with Crippen molar-refractivity contribution in [2.24, 2.45) is 5.73 Å². The molecule has 19 heavy (non-hydrogen) atoms. The van der Waals surface area contributed by atoms with Crippen LogP contribution in [0.25, 0.3) is 0 Å². The molecule has 1 aromatic carbocycles. The van der Waals surface area contributed by atoms with E-state index in [1.54, 1.807) is 13.8 Å². The van der Waals surface area contributed by atoms with Crippen LogP contribution in [0.2, 0.25) is 0 Å². The smallest absolute Gasteiger partial charge is 0.325 e. The average Bonchev–Trinajstić information content (AvgIpc) is 2.39. The van der Waals surface area contributed by atoms with Crippen molar-refractivity contribution in [3.63, 3.8) is 0 Å². The third-order valence-corrected chi connectivity index (χ3v) is 3.13. The fraction of sp³-hybridized carbons (Fsp3) is 0.533. The number of rotatable bonds is 7. The molecule has 0 amide bonds. The monoisotopic (exact) mass is 264 g/mol. The Balaban J connectivity index is 2.39. The summed E-state index contributed by atoms with van der Waals surface area (Å²) in [5, 5.41) is 0. The third kappa shape index (κ3) is 4.91. The quantitative estimate of drug-likeness (QED) is 0.767. The van der Waals surface area contributed by atoms with E-state index in [0.29, 0.717) is 13.0 Å². The summed E-state index contributed by atoms with van der Waals surface area (Å²) in [4.78, 5) is 13.8. The highest BCUT2D eigenvalue weighted by Crippen LogP contribution is 2.15. The van der Waals surface area contributed by atoms with E-state index in [9.17, 15) is 4.79 Å². The molecule has 1 unspecified atom stereocenters. The summed E-state index contributed by atoms with van der Waals surface area (Å²) in [6.45, 7) is 4.75. The molecule has 1 atom stereocenters. The van der Waals surface area contributed by atoms with Crippen LogP contribution in [0.1, 0.15) is 26.7 Å². The van der Waals surface area contributed by atoms with Crippen LogP contribution in [0.15, 0.2) is 30.3 Å². The summed E-state index contributed by atoms with van der Waals surface area (Å²) in [5.74, 6) is -0.322. The first-order chi connectivity index (χ1) is 8.97. The highest BCUT2D eigenvalue weighted by Gasteiger charge is 2.29. The van der Waals surface area contributed by atoms with E-state index in [4.69, 9.17) is 10.5 Å². The predicted octanol–water partition coefficient (Wildman–Crippen LogP) is 2.18. The minimum atomic E-state index is -0.895. The molecule has 0 radical (unpaired) electrons. The molecular weight excluding hydrogens is 240 g/mol. The SMILES string of the molecule is CCOC(=O)C(C)(N)CCCN(C)c1ccccc1. The van der Waals surface area contributed by atoms with Crippen molar-refractivity contribution in [2.45, 2.75) is 32.2 Å². The molecule has 0 saturated carbocycles. The Morgan fingerprint density at radius 1 is 1.37 bits per heavy atom. The molecule has 106 valence electrons. The summed E-state index contributed by atoms with van der Waals surface area (Å²) in [6.07, 6.45) is 1.46. The van der Waals surface area contributed by atoms with Gasteiger partial charge in [-0.15, -0.1) is 0 Å². The second kappa shape index (κ2) is 7.14. The molecule has 0 fully saturated rings. The lowest BCUT2D eigenvalue weighted by Gasteiger charge is -2.24. The molecule has 0 aliphatic carbocycles. The van der Waals surface area contributed by atoms with E-state index in [2.05, 4.69) is 17.0 Å². The summed E-state index contributed by atoms with van der Waals surface area (Å²) in [5.41, 5.74) is 6.25. The Morgan fingerprint density at radius 3 is 2.58 bits per heavy atom. The molecule has 0 aliphatic rings. The topological polar surface area (TPSA) is 55.6 Å². The highest BCUT2D eigenvalue weighted by molar-refractivity contribution is 5.79. The van der Waals surface area contributed by atoms with Crippen molar-refractivity contribution in [3.8, 4) is 0 Å². The number of hydrogen-bond acceptors (Lipinski definition) is 4. The maximum absolute atomic E-state index is 11.6. The van der Waals surface area contributed by atoms with Crippen LogP contribution in [0.4, 0.5) is 5.69 Å². The lowest BCUT2D eigenvalue weighted by molar-refractivity contribution is -0.149. The zero-order valence-corrected chi connectivity index (χ0v) is 12.1. The van der Waals surface area contributed by atoms with E-state index in [1.807, 2.05) is 25.2 Å². The van der Waals surface area contributed by atoms with Gasteiger partial charge in [0.25, 0.3) is 0 Å². The Hall–Kier alpha value is -1.55. The van der Waals surface area contributed by atoms with E-state index in [-0.39, 0.29) is 5.97 Å². The molecule has 1 rings (SSSR count). The number of hydrogen-bond donors (Lipinski definition) is 1. The Morgan fingerprint density at radius 2 is 2.00 bits per heavy atom. The van der Waals surface area contributed by atoms with Crippen LogP contribution in [-0.2, 0) is 9.53 Å². The molecule has 0 aliphatic heterocycles. The number of benzene rings is 1. The molecule has 0 aromatic heterocycles. The Bertz CT molecular complexity index is 390. The first-order valence-electron chi connectivity index (χ1n) is 6.69. The van der Waals surface area contributed by atoms with E-state index >= 15 is 0 Å². The molecule has 0 saturated heterocycles. The number of ether oxygens (including phenoxy) is 1. The zero-order valence-electron chi connectivity index (χ0n) is 12.1. The molecule has 2 N–H and O–H groups in total. The van der Waals surface area contributed by atoms with Gasteiger partial charge in [-0.2, -0.15) is 0 Å². The molecule has 4 heteroatoms. The van der Waals surface area contributed by atoms with E-state index in [0.717, 1.165) is 18.7 Å². The van der Waals surface area contributed by atoms with Gasteiger partial charge in [0.2, 0.25) is 0 Å². The second-order valence-corrected chi connectivity index (χ2v) is 5.00. The fourth-order valence-corrected chi connectivity index (χ4v) is 1.89. The van der Waals surface area contributed by atoms with Crippen LogP contribution in [0, 0.1) is 0 Å². The summed E-state index contributed by atoms with van der Waals surface area (Å²) < 4.78 is 4.97. The van der Waals surface area contributed by atoms with Gasteiger partial charge in [-0.1, -0.05) is 18.2 Å². The number of nitrogens with two attached hydrogens (primary N) is 1. The maximum Gasteiger partial charge on any atom is 0.325 e. The van der Waals surface area contributed by atoms with Crippen LogP contribution >= 0.6 is 0 Å². The lowest BCUT2D eigenvalue weighted by Crippen LogP contribution is -2.46. The van der Waals surface area contributed by atoms with Crippen molar-refractivity contribution in [1.82, 2.24) is 0 Å². The van der Waals surface area contributed by atoms with Gasteiger partial charge < -0.3 is 15.4 Å². The first kappa shape index (κ1) is 15.5. The normalized spacial score (nSPS) is 13.7. The van der Waals surface area contributed by atoms with Crippen molar-refractivity contribution in [2.75, 3.05) is 25.1 Å². The number of nitrogens with zero attached hydrogens (tertiary/aromatic N) is 1. The summed E-state index contributed by atoms with van der Waals surface area (Å²) >= 11 is 0. The largest absolute Gasteiger partial charge is 0.465 e. The molecule has 0 spiro atoms. The second-order valence-electron chi connectivity index (χ2n) is 5.00. The van der Waals surface area contributed by atoms with Crippen molar-refractivity contribution >= 4 is 11.7 Å². The minimum absolute atomic E-state index is 0.322. The summed E-state index contributed by atoms with van der Waals surface area (Å²) in [6, 6.07) is 10.1. The number of carbonyl (C=O) groups is 1. The van der Waals surface area contributed by atoms with Gasteiger partial charge in [-0.3, -0.25) is 4.79 Å². The van der Waals surface area contributed by atoms with Crippen molar-refractivity contribution in [3.05, 3.63) is 30.3 Å². The first-order valence-corrected chi connectivity index (χ1v) is 6.69.